The molecule has 144 valence electrons. The Balaban J connectivity index is 1.40. The lowest BCUT2D eigenvalue weighted by Crippen LogP contribution is -2.35. The Kier molecular flexibility index (Phi) is 4.24. The molecule has 0 aromatic heterocycles. The Bertz CT molecular complexity index is 780. The average molecular weight is 380 g/mol. The van der Waals surface area contributed by atoms with Crippen LogP contribution in [-0.2, 0) is 20.6 Å². The Morgan fingerprint density at radius 3 is 2.26 bits per heavy atom. The lowest BCUT2D eigenvalue weighted by Gasteiger charge is -2.19. The van der Waals surface area contributed by atoms with Crippen LogP contribution in [0.1, 0.15) is 31.2 Å². The quantitative estimate of drug-likeness (QED) is 0.817. The highest BCUT2D eigenvalue weighted by Gasteiger charge is 2.60. The molecule has 2 aliphatic carbocycles. The number of nitrogens with zero attached hydrogens (tertiary/aromatic N) is 1. The summed E-state index contributed by atoms with van der Waals surface area (Å²) < 4.78 is 39.0. The van der Waals surface area contributed by atoms with E-state index in [4.69, 9.17) is 0 Å². The maximum absolute atomic E-state index is 13.0. The molecule has 2 saturated carbocycles. The minimum absolute atomic E-state index is 0.0931. The van der Waals surface area contributed by atoms with Gasteiger partial charge in [-0.15, -0.1) is 0 Å². The smallest absolute Gasteiger partial charge is 0.325 e. The second-order valence-electron chi connectivity index (χ2n) is 7.55. The van der Waals surface area contributed by atoms with Crippen molar-refractivity contribution in [3.05, 3.63) is 29.8 Å². The van der Waals surface area contributed by atoms with Gasteiger partial charge in [0.2, 0.25) is 17.7 Å². The Morgan fingerprint density at radius 2 is 1.67 bits per heavy atom. The van der Waals surface area contributed by atoms with Gasteiger partial charge in [-0.25, -0.2) is 0 Å². The molecule has 0 radical (unpaired) electrons. The summed E-state index contributed by atoms with van der Waals surface area (Å²) in [6, 6.07) is 4.71. The van der Waals surface area contributed by atoms with Crippen molar-refractivity contribution in [1.82, 2.24) is 4.90 Å². The summed E-state index contributed by atoms with van der Waals surface area (Å²) in [5.74, 6) is -1.10. The Hall–Kier alpha value is -2.38. The van der Waals surface area contributed by atoms with E-state index in [-0.39, 0.29) is 54.1 Å². The average Bonchev–Trinajstić information content (AvgIpc) is 3.27. The molecule has 4 rings (SSSR count). The number of hydrogen-bond donors (Lipinski definition) is 1. The number of para-hydroxylation sites is 1. The third-order valence-electron chi connectivity index (χ3n) is 6.09. The molecule has 8 heteroatoms. The van der Waals surface area contributed by atoms with Gasteiger partial charge in [0.1, 0.15) is 0 Å². The largest absolute Gasteiger partial charge is 0.418 e. The van der Waals surface area contributed by atoms with Crippen molar-refractivity contribution < 1.29 is 27.6 Å². The van der Waals surface area contributed by atoms with Crippen LogP contribution < -0.4 is 5.32 Å². The molecule has 1 heterocycles. The second-order valence-corrected chi connectivity index (χ2v) is 7.55. The van der Waals surface area contributed by atoms with E-state index in [0.717, 1.165) is 30.2 Å². The molecule has 1 aromatic rings. The zero-order valence-corrected chi connectivity index (χ0v) is 14.5. The fraction of sp³-hybridized carbons (Fsp3) is 0.526. The van der Waals surface area contributed by atoms with Gasteiger partial charge in [-0.2, -0.15) is 13.2 Å². The monoisotopic (exact) mass is 380 g/mol. The molecule has 1 N–H and O–H groups in total. The molecule has 3 amide bonds. The molecule has 4 atom stereocenters. The molecule has 3 aliphatic rings. The lowest BCUT2D eigenvalue weighted by molar-refractivity contribution is -0.141. The van der Waals surface area contributed by atoms with Gasteiger partial charge in [-0.1, -0.05) is 12.1 Å². The molecule has 27 heavy (non-hydrogen) atoms. The summed E-state index contributed by atoms with van der Waals surface area (Å²) in [7, 11) is 0. The van der Waals surface area contributed by atoms with Gasteiger partial charge in [0.15, 0.2) is 0 Å². The molecular weight excluding hydrogens is 361 g/mol. The highest BCUT2D eigenvalue weighted by atomic mass is 19.4. The van der Waals surface area contributed by atoms with Crippen molar-refractivity contribution in [2.75, 3.05) is 11.9 Å². The van der Waals surface area contributed by atoms with Crippen molar-refractivity contribution in [2.45, 2.75) is 31.9 Å². The molecule has 2 bridgehead atoms. The van der Waals surface area contributed by atoms with Crippen LogP contribution in [-0.4, -0.2) is 29.2 Å². The molecule has 5 nitrogen and oxygen atoms in total. The fourth-order valence-electron chi connectivity index (χ4n) is 4.96. The number of carbonyl (C=O) groups is 3. The molecule has 1 saturated heterocycles. The normalized spacial score (nSPS) is 29.4. The van der Waals surface area contributed by atoms with Crippen LogP contribution >= 0.6 is 0 Å². The van der Waals surface area contributed by atoms with E-state index in [1.54, 1.807) is 0 Å². The third-order valence-corrected chi connectivity index (χ3v) is 6.09. The van der Waals surface area contributed by atoms with E-state index in [1.807, 2.05) is 0 Å². The molecule has 3 fully saturated rings. The van der Waals surface area contributed by atoms with Crippen molar-refractivity contribution in [2.24, 2.45) is 23.7 Å². The second kappa shape index (κ2) is 6.35. The van der Waals surface area contributed by atoms with Crippen molar-refractivity contribution in [3.63, 3.8) is 0 Å². The molecule has 1 aliphatic heterocycles. The maximum Gasteiger partial charge on any atom is 0.418 e. The lowest BCUT2D eigenvalue weighted by atomic mass is 9.81. The standard InChI is InChI=1S/C19H19F3N2O3/c20-19(21,22)12-3-1-2-4-13(12)23-14(25)7-8-24-17(26)15-10-5-6-11(9-10)16(15)18(24)27/h1-4,10-11,15-16H,5-9H2,(H,23,25)/t10-,11+,15-,16+. The number of nitrogens with one attached hydrogen (secondary N) is 1. The summed E-state index contributed by atoms with van der Waals surface area (Å²) in [6.07, 6.45) is -1.95. The van der Waals surface area contributed by atoms with Crippen LogP contribution in [0.15, 0.2) is 24.3 Å². The Labute approximate surface area is 153 Å². The highest BCUT2D eigenvalue weighted by Crippen LogP contribution is 2.56. The minimum atomic E-state index is -4.58. The molecule has 0 unspecified atom stereocenters. The number of hydrogen-bond acceptors (Lipinski definition) is 3. The number of rotatable bonds is 4. The summed E-state index contributed by atoms with van der Waals surface area (Å²) in [4.78, 5) is 38.4. The van der Waals surface area contributed by atoms with Gasteiger partial charge < -0.3 is 5.32 Å². The van der Waals surface area contributed by atoms with Gasteiger partial charge >= 0.3 is 6.18 Å². The van der Waals surface area contributed by atoms with Crippen LogP contribution in [0, 0.1) is 23.7 Å². The number of carbonyl (C=O) groups excluding carboxylic acids is 3. The summed E-state index contributed by atoms with van der Waals surface area (Å²) in [6.45, 7) is -0.0931. The van der Waals surface area contributed by atoms with Crippen molar-refractivity contribution in [1.29, 1.82) is 0 Å². The number of halogens is 3. The van der Waals surface area contributed by atoms with Crippen molar-refractivity contribution in [3.8, 4) is 0 Å². The topological polar surface area (TPSA) is 66.5 Å². The predicted octanol–water partition coefficient (Wildman–Crippen LogP) is 3.07. The van der Waals surface area contributed by atoms with Crippen LogP contribution in [0.5, 0.6) is 0 Å². The van der Waals surface area contributed by atoms with E-state index in [0.29, 0.717) is 0 Å². The van der Waals surface area contributed by atoms with Crippen LogP contribution in [0.3, 0.4) is 0 Å². The fourth-order valence-corrected chi connectivity index (χ4v) is 4.96. The summed E-state index contributed by atoms with van der Waals surface area (Å²) in [5, 5.41) is 2.24. The van der Waals surface area contributed by atoms with Crippen LogP contribution in [0.25, 0.3) is 0 Å². The number of likely N-dealkylation sites (tertiary alicyclic amines) is 1. The molecule has 1 aromatic carbocycles. The van der Waals surface area contributed by atoms with Gasteiger partial charge in [-0.05, 0) is 43.2 Å². The minimum Gasteiger partial charge on any atom is -0.325 e. The van der Waals surface area contributed by atoms with Gasteiger partial charge in [0, 0.05) is 13.0 Å². The molecular formula is C19H19F3N2O3. The number of amides is 3. The van der Waals surface area contributed by atoms with Gasteiger partial charge in [0.25, 0.3) is 0 Å². The number of fused-ring (bicyclic) bond motifs is 5. The Morgan fingerprint density at radius 1 is 1.07 bits per heavy atom. The number of alkyl halides is 3. The predicted molar refractivity (Wildman–Crippen MR) is 89.2 cm³/mol. The van der Waals surface area contributed by atoms with E-state index in [2.05, 4.69) is 5.32 Å². The summed E-state index contributed by atoms with van der Waals surface area (Å²) >= 11 is 0. The number of anilines is 1. The first-order chi connectivity index (χ1) is 12.8. The van der Waals surface area contributed by atoms with Crippen LogP contribution in [0.2, 0.25) is 0 Å². The van der Waals surface area contributed by atoms with Gasteiger partial charge in [0.05, 0.1) is 23.1 Å². The van der Waals surface area contributed by atoms with E-state index >= 15 is 0 Å². The SMILES string of the molecule is O=C(CCN1C(=O)[C@@H]2[C@@H]3CC[C@@H](C3)[C@@H]2C1=O)Nc1ccccc1C(F)(F)F. The number of imide groups is 1. The first-order valence-electron chi connectivity index (χ1n) is 9.08. The maximum atomic E-state index is 13.0. The van der Waals surface area contributed by atoms with Gasteiger partial charge in [-0.3, -0.25) is 19.3 Å². The van der Waals surface area contributed by atoms with Crippen LogP contribution in [0.4, 0.5) is 18.9 Å². The third kappa shape index (κ3) is 3.00. The van der Waals surface area contributed by atoms with E-state index in [9.17, 15) is 27.6 Å². The summed E-state index contributed by atoms with van der Waals surface area (Å²) in [5.41, 5.74) is -1.26. The van der Waals surface area contributed by atoms with E-state index < -0.39 is 17.6 Å². The van der Waals surface area contributed by atoms with E-state index in [1.165, 1.54) is 18.2 Å². The molecule has 0 spiro atoms. The highest BCUT2D eigenvalue weighted by molar-refractivity contribution is 6.06. The first-order valence-corrected chi connectivity index (χ1v) is 9.08. The first kappa shape index (κ1) is 18.0. The zero-order valence-electron chi connectivity index (χ0n) is 14.5. The zero-order chi connectivity index (χ0) is 19.3. The van der Waals surface area contributed by atoms with Crippen molar-refractivity contribution >= 4 is 23.4 Å². The number of benzene rings is 1.